The molecule has 0 bridgehead atoms. The van der Waals surface area contributed by atoms with Crippen molar-refractivity contribution in [3.63, 3.8) is 0 Å². The van der Waals surface area contributed by atoms with Gasteiger partial charge in [0.05, 0.1) is 7.11 Å². The topological polar surface area (TPSA) is 46.5 Å². The fourth-order valence-electron chi connectivity index (χ4n) is 1.19. The maximum absolute atomic E-state index is 10.3. The number of carbonyl (C=O) groups excluding carboxylic acids is 1. The van der Waals surface area contributed by atoms with Gasteiger partial charge in [-0.3, -0.25) is 0 Å². The smallest absolute Gasteiger partial charge is 0.161 e. The number of aryl methyl sites for hydroxylation is 1. The molecule has 0 aromatic heterocycles. The van der Waals surface area contributed by atoms with Crippen molar-refractivity contribution in [2.45, 2.75) is 13.3 Å². The van der Waals surface area contributed by atoms with Gasteiger partial charge in [-0.2, -0.15) is 0 Å². The van der Waals surface area contributed by atoms with Gasteiger partial charge in [0.25, 0.3) is 0 Å². The van der Waals surface area contributed by atoms with Crippen molar-refractivity contribution in [3.05, 3.63) is 23.3 Å². The van der Waals surface area contributed by atoms with Crippen LogP contribution in [0.25, 0.3) is 0 Å². The summed E-state index contributed by atoms with van der Waals surface area (Å²) < 4.78 is 4.95. The monoisotopic (exact) mass is 180 g/mol. The summed E-state index contributed by atoms with van der Waals surface area (Å²) in [6, 6.07) is 3.43. The lowest BCUT2D eigenvalue weighted by Crippen LogP contribution is -1.91. The third kappa shape index (κ3) is 1.99. The molecule has 0 atom stereocenters. The summed E-state index contributed by atoms with van der Waals surface area (Å²) in [7, 11) is 1.49. The number of phenols is 1. The van der Waals surface area contributed by atoms with E-state index >= 15 is 0 Å². The number of aromatic hydroxyl groups is 1. The molecule has 0 unspecified atom stereocenters. The fourth-order valence-corrected chi connectivity index (χ4v) is 1.19. The van der Waals surface area contributed by atoms with E-state index in [1.807, 2.05) is 0 Å². The molecule has 0 saturated carbocycles. The Hall–Kier alpha value is -1.51. The molecule has 0 aliphatic heterocycles. The zero-order chi connectivity index (χ0) is 9.84. The van der Waals surface area contributed by atoms with Gasteiger partial charge in [0.15, 0.2) is 11.5 Å². The van der Waals surface area contributed by atoms with Gasteiger partial charge in [-0.15, -0.1) is 0 Å². The van der Waals surface area contributed by atoms with Gasteiger partial charge in [-0.05, 0) is 24.1 Å². The van der Waals surface area contributed by atoms with E-state index in [2.05, 4.69) is 0 Å². The Balaban J connectivity index is 3.13. The van der Waals surface area contributed by atoms with Crippen LogP contribution < -0.4 is 4.74 Å². The van der Waals surface area contributed by atoms with Crippen LogP contribution in [0.3, 0.4) is 0 Å². The van der Waals surface area contributed by atoms with Crippen molar-refractivity contribution in [3.8, 4) is 11.5 Å². The highest BCUT2D eigenvalue weighted by atomic mass is 16.5. The van der Waals surface area contributed by atoms with Gasteiger partial charge in [-0.25, -0.2) is 0 Å². The van der Waals surface area contributed by atoms with Gasteiger partial charge < -0.3 is 14.6 Å². The van der Waals surface area contributed by atoms with Gasteiger partial charge in [0.2, 0.25) is 0 Å². The number of methoxy groups -OCH3 is 1. The summed E-state index contributed by atoms with van der Waals surface area (Å²) >= 11 is 0. The molecule has 1 aromatic carbocycles. The number of phenolic OH excluding ortho intramolecular Hbond substituents is 1. The van der Waals surface area contributed by atoms with E-state index < -0.39 is 0 Å². The van der Waals surface area contributed by atoms with Crippen LogP contribution in [-0.2, 0) is 11.2 Å². The quantitative estimate of drug-likeness (QED) is 0.716. The molecule has 0 amide bonds. The minimum absolute atomic E-state index is 0.136. The van der Waals surface area contributed by atoms with E-state index in [1.165, 1.54) is 7.11 Å². The molecule has 0 heterocycles. The molecule has 0 aliphatic rings. The molecule has 0 spiro atoms. The Bertz CT molecular complexity index is 318. The highest BCUT2D eigenvalue weighted by Gasteiger charge is 2.06. The summed E-state index contributed by atoms with van der Waals surface area (Å²) in [6.45, 7) is 1.77. The average Bonchev–Trinajstić information content (AvgIpc) is 2.11. The number of rotatable bonds is 3. The van der Waals surface area contributed by atoms with E-state index in [0.29, 0.717) is 12.2 Å². The lowest BCUT2D eigenvalue weighted by atomic mass is 10.1. The van der Waals surface area contributed by atoms with Crippen molar-refractivity contribution in [1.82, 2.24) is 0 Å². The lowest BCUT2D eigenvalue weighted by molar-refractivity contribution is -0.107. The molecule has 1 aromatic rings. The molecule has 3 heteroatoms. The normalized spacial score (nSPS) is 9.69. The maximum atomic E-state index is 10.3. The molecule has 3 nitrogen and oxygen atoms in total. The molecular weight excluding hydrogens is 168 g/mol. The second kappa shape index (κ2) is 3.94. The van der Waals surface area contributed by atoms with E-state index in [-0.39, 0.29) is 5.75 Å². The summed E-state index contributed by atoms with van der Waals surface area (Å²) in [5.41, 5.74) is 1.57. The zero-order valence-electron chi connectivity index (χ0n) is 7.70. The van der Waals surface area contributed by atoms with Crippen LogP contribution in [-0.4, -0.2) is 18.5 Å². The maximum Gasteiger partial charge on any atom is 0.161 e. The minimum atomic E-state index is 0.136. The Kier molecular flexibility index (Phi) is 2.90. The second-order valence-electron chi connectivity index (χ2n) is 2.83. The zero-order valence-corrected chi connectivity index (χ0v) is 7.70. The van der Waals surface area contributed by atoms with Crippen LogP contribution in [0.4, 0.5) is 0 Å². The Labute approximate surface area is 77.0 Å². The molecule has 1 N–H and O–H groups in total. The highest BCUT2D eigenvalue weighted by molar-refractivity contribution is 5.58. The van der Waals surface area contributed by atoms with E-state index in [1.54, 1.807) is 19.1 Å². The second-order valence-corrected chi connectivity index (χ2v) is 2.83. The van der Waals surface area contributed by atoms with Crippen molar-refractivity contribution >= 4 is 6.29 Å². The first kappa shape index (κ1) is 9.58. The first-order valence-electron chi connectivity index (χ1n) is 3.99. The van der Waals surface area contributed by atoms with Crippen molar-refractivity contribution in [2.75, 3.05) is 7.11 Å². The molecule has 0 aliphatic carbocycles. The van der Waals surface area contributed by atoms with Crippen LogP contribution >= 0.6 is 0 Å². The SMILES string of the molecule is COc1cc(CC=O)cc(C)c1O. The number of hydrogen-bond donors (Lipinski definition) is 1. The number of ether oxygens (including phenoxy) is 1. The van der Waals surface area contributed by atoms with Crippen LogP contribution in [0.1, 0.15) is 11.1 Å². The van der Waals surface area contributed by atoms with E-state index in [9.17, 15) is 9.90 Å². The number of carbonyl (C=O) groups is 1. The summed E-state index contributed by atoms with van der Waals surface area (Å²) in [5.74, 6) is 0.550. The van der Waals surface area contributed by atoms with Crippen molar-refractivity contribution < 1.29 is 14.6 Å². The van der Waals surface area contributed by atoms with E-state index in [0.717, 1.165) is 17.4 Å². The first-order chi connectivity index (χ1) is 6.19. The molecule has 0 saturated heterocycles. The number of hydrogen-bond acceptors (Lipinski definition) is 3. The van der Waals surface area contributed by atoms with Crippen LogP contribution in [0.2, 0.25) is 0 Å². The Morgan fingerprint density at radius 1 is 1.54 bits per heavy atom. The van der Waals surface area contributed by atoms with Crippen LogP contribution in [0.15, 0.2) is 12.1 Å². The molecule has 0 fully saturated rings. The predicted molar refractivity (Wildman–Crippen MR) is 49.2 cm³/mol. The molecule has 70 valence electrons. The lowest BCUT2D eigenvalue weighted by Gasteiger charge is -2.07. The van der Waals surface area contributed by atoms with Gasteiger partial charge in [0, 0.05) is 6.42 Å². The third-order valence-corrected chi connectivity index (χ3v) is 1.86. The standard InChI is InChI=1S/C10H12O3/c1-7-5-8(3-4-11)6-9(13-2)10(7)12/h4-6,12H,3H2,1-2H3. The van der Waals surface area contributed by atoms with Crippen LogP contribution in [0.5, 0.6) is 11.5 Å². The Morgan fingerprint density at radius 2 is 2.23 bits per heavy atom. The van der Waals surface area contributed by atoms with Crippen LogP contribution in [0, 0.1) is 6.92 Å². The van der Waals surface area contributed by atoms with Gasteiger partial charge >= 0.3 is 0 Å². The largest absolute Gasteiger partial charge is 0.504 e. The number of aldehydes is 1. The summed E-state index contributed by atoms with van der Waals surface area (Å²) in [4.78, 5) is 10.3. The highest BCUT2D eigenvalue weighted by Crippen LogP contribution is 2.30. The molecular formula is C10H12O3. The fraction of sp³-hybridized carbons (Fsp3) is 0.300. The van der Waals surface area contributed by atoms with Crippen molar-refractivity contribution in [1.29, 1.82) is 0 Å². The van der Waals surface area contributed by atoms with Gasteiger partial charge in [-0.1, -0.05) is 6.07 Å². The number of benzene rings is 1. The molecule has 13 heavy (non-hydrogen) atoms. The minimum Gasteiger partial charge on any atom is -0.504 e. The molecule has 1 rings (SSSR count). The summed E-state index contributed by atoms with van der Waals surface area (Å²) in [6.07, 6.45) is 1.17. The first-order valence-corrected chi connectivity index (χ1v) is 3.99. The van der Waals surface area contributed by atoms with Crippen molar-refractivity contribution in [2.24, 2.45) is 0 Å². The van der Waals surface area contributed by atoms with Gasteiger partial charge in [0.1, 0.15) is 6.29 Å². The molecule has 0 radical (unpaired) electrons. The average molecular weight is 180 g/mol. The van der Waals surface area contributed by atoms with E-state index in [4.69, 9.17) is 4.74 Å². The predicted octanol–water partition coefficient (Wildman–Crippen LogP) is 1.45. The Morgan fingerprint density at radius 3 is 2.77 bits per heavy atom. The third-order valence-electron chi connectivity index (χ3n) is 1.86. The summed E-state index contributed by atoms with van der Waals surface area (Å²) in [5, 5.41) is 9.48.